The molecule has 33 heavy (non-hydrogen) atoms. The SMILES string of the molecule is C[C@H](O)C(=O)OC[C@]12CC[C@H](O)C[C@@H]1CC[C@@H]1[C@@H]2CC[C@]2(C)[C@@H](C3=CC(=O)OC3)CC[C@]12O. The van der Waals surface area contributed by atoms with Gasteiger partial charge in [0.1, 0.15) is 12.7 Å². The van der Waals surface area contributed by atoms with Crippen molar-refractivity contribution in [1.29, 1.82) is 0 Å². The molecule has 0 aromatic heterocycles. The van der Waals surface area contributed by atoms with Crippen LogP contribution < -0.4 is 0 Å². The Kier molecular flexibility index (Phi) is 5.69. The smallest absolute Gasteiger partial charge is 0.334 e. The molecule has 0 unspecified atom stereocenters. The predicted molar refractivity (Wildman–Crippen MR) is 119 cm³/mol. The van der Waals surface area contributed by atoms with Crippen LogP contribution >= 0.6 is 0 Å². The van der Waals surface area contributed by atoms with Crippen molar-refractivity contribution < 1.29 is 34.4 Å². The fourth-order valence-electron chi connectivity index (χ4n) is 8.79. The van der Waals surface area contributed by atoms with E-state index in [1.807, 2.05) is 0 Å². The summed E-state index contributed by atoms with van der Waals surface area (Å²) in [6.45, 7) is 4.20. The van der Waals surface area contributed by atoms with Gasteiger partial charge in [0.25, 0.3) is 0 Å². The number of esters is 2. The molecule has 0 saturated heterocycles. The molecular formula is C26H38O7. The Morgan fingerprint density at radius 2 is 1.97 bits per heavy atom. The van der Waals surface area contributed by atoms with E-state index in [-0.39, 0.29) is 53.2 Å². The maximum absolute atomic E-state index is 12.3. The van der Waals surface area contributed by atoms with Gasteiger partial charge in [0.2, 0.25) is 0 Å². The van der Waals surface area contributed by atoms with Crippen LogP contribution in [-0.2, 0) is 19.1 Å². The van der Waals surface area contributed by atoms with Gasteiger partial charge in [0.15, 0.2) is 0 Å². The standard InChI is InChI=1S/C26H38O7/c1-15(27)23(30)33-14-25-9-5-18(28)12-17(25)3-4-21-20(25)6-8-24(2)19(7-10-26(21,24)31)16-11-22(29)32-13-16/h11,15,17-21,27-28,31H,3-10,12-14H2,1-2H3/t15-,17-,18-,19+,20-,21+,24+,25+,26-/m0/s1. The number of cyclic esters (lactones) is 1. The lowest BCUT2D eigenvalue weighted by molar-refractivity contribution is -0.223. The minimum atomic E-state index is -1.16. The van der Waals surface area contributed by atoms with Crippen LogP contribution in [0.2, 0.25) is 0 Å². The molecule has 0 spiro atoms. The summed E-state index contributed by atoms with van der Waals surface area (Å²) in [5.74, 6) is -0.190. The van der Waals surface area contributed by atoms with Crippen LogP contribution in [0.3, 0.4) is 0 Å². The molecule has 9 atom stereocenters. The van der Waals surface area contributed by atoms with Crippen molar-refractivity contribution in [3.63, 3.8) is 0 Å². The number of carbonyl (C=O) groups is 2. The normalized spacial score (nSPS) is 47.6. The van der Waals surface area contributed by atoms with Crippen molar-refractivity contribution in [3.8, 4) is 0 Å². The molecular weight excluding hydrogens is 424 g/mol. The van der Waals surface area contributed by atoms with Gasteiger partial charge in [0, 0.05) is 16.9 Å². The van der Waals surface area contributed by atoms with Gasteiger partial charge in [-0.3, -0.25) is 0 Å². The van der Waals surface area contributed by atoms with Gasteiger partial charge in [-0.25, -0.2) is 9.59 Å². The highest BCUT2D eigenvalue weighted by Crippen LogP contribution is 2.70. The highest BCUT2D eigenvalue weighted by molar-refractivity contribution is 5.85. The minimum absolute atomic E-state index is 0.0941. The summed E-state index contributed by atoms with van der Waals surface area (Å²) in [6.07, 6.45) is 7.45. The first kappa shape index (κ1) is 23.3. The Bertz CT molecular complexity index is 852. The van der Waals surface area contributed by atoms with Crippen molar-refractivity contribution in [1.82, 2.24) is 0 Å². The summed E-state index contributed by atoms with van der Waals surface area (Å²) in [6, 6.07) is 0. The summed E-state index contributed by atoms with van der Waals surface area (Å²) >= 11 is 0. The zero-order chi connectivity index (χ0) is 23.6. The van der Waals surface area contributed by atoms with E-state index in [0.717, 1.165) is 44.1 Å². The molecule has 1 heterocycles. The molecule has 4 saturated carbocycles. The summed E-state index contributed by atoms with van der Waals surface area (Å²) < 4.78 is 10.9. The molecule has 0 radical (unpaired) electrons. The fraction of sp³-hybridized carbons (Fsp3) is 0.846. The Balaban J connectivity index is 1.46. The molecule has 4 fully saturated rings. The average Bonchev–Trinajstić information content (AvgIpc) is 3.32. The van der Waals surface area contributed by atoms with Gasteiger partial charge in [-0.2, -0.15) is 0 Å². The maximum atomic E-state index is 12.3. The van der Waals surface area contributed by atoms with Crippen molar-refractivity contribution in [2.75, 3.05) is 13.2 Å². The molecule has 7 nitrogen and oxygen atoms in total. The molecule has 1 aliphatic heterocycles. The van der Waals surface area contributed by atoms with Gasteiger partial charge in [0.05, 0.1) is 18.3 Å². The molecule has 184 valence electrons. The van der Waals surface area contributed by atoms with E-state index >= 15 is 0 Å². The van der Waals surface area contributed by atoms with E-state index in [0.29, 0.717) is 25.9 Å². The van der Waals surface area contributed by atoms with Crippen LogP contribution in [-0.4, -0.2) is 58.3 Å². The second kappa shape index (κ2) is 8.06. The largest absolute Gasteiger partial charge is 0.463 e. The van der Waals surface area contributed by atoms with Crippen LogP contribution in [0.1, 0.15) is 71.6 Å². The minimum Gasteiger partial charge on any atom is -0.463 e. The van der Waals surface area contributed by atoms with E-state index < -0.39 is 17.7 Å². The van der Waals surface area contributed by atoms with Crippen LogP contribution in [0.4, 0.5) is 0 Å². The topological polar surface area (TPSA) is 113 Å². The third-order valence-corrected chi connectivity index (χ3v) is 10.5. The zero-order valence-corrected chi connectivity index (χ0v) is 19.8. The Hall–Kier alpha value is -1.44. The van der Waals surface area contributed by atoms with E-state index in [1.165, 1.54) is 6.92 Å². The third-order valence-electron chi connectivity index (χ3n) is 10.5. The molecule has 5 rings (SSSR count). The zero-order valence-electron chi connectivity index (χ0n) is 19.8. The summed E-state index contributed by atoms with van der Waals surface area (Å²) in [5.41, 5.74) is -0.401. The second-order valence-electron chi connectivity index (χ2n) is 11.7. The number of carbonyl (C=O) groups excluding carboxylic acids is 2. The maximum Gasteiger partial charge on any atom is 0.334 e. The molecule has 3 N–H and O–H groups in total. The highest BCUT2D eigenvalue weighted by Gasteiger charge is 2.68. The number of aliphatic hydroxyl groups excluding tert-OH is 2. The Morgan fingerprint density at radius 3 is 2.67 bits per heavy atom. The Morgan fingerprint density at radius 1 is 1.18 bits per heavy atom. The summed E-state index contributed by atoms with van der Waals surface area (Å²) in [7, 11) is 0. The van der Waals surface area contributed by atoms with Gasteiger partial charge in [-0.1, -0.05) is 6.92 Å². The number of ether oxygens (including phenoxy) is 2. The lowest BCUT2D eigenvalue weighted by Gasteiger charge is -2.64. The molecule has 0 amide bonds. The first-order valence-corrected chi connectivity index (χ1v) is 12.7. The lowest BCUT2D eigenvalue weighted by Crippen LogP contribution is -2.64. The van der Waals surface area contributed by atoms with Crippen molar-refractivity contribution in [3.05, 3.63) is 11.6 Å². The highest BCUT2D eigenvalue weighted by atomic mass is 16.5. The third kappa shape index (κ3) is 3.41. The molecule has 0 aromatic rings. The van der Waals surface area contributed by atoms with Crippen molar-refractivity contribution >= 4 is 11.9 Å². The monoisotopic (exact) mass is 462 g/mol. The van der Waals surface area contributed by atoms with E-state index in [4.69, 9.17) is 9.47 Å². The van der Waals surface area contributed by atoms with Crippen molar-refractivity contribution in [2.24, 2.45) is 34.5 Å². The molecule has 5 aliphatic rings. The number of hydrogen-bond acceptors (Lipinski definition) is 7. The van der Waals surface area contributed by atoms with E-state index in [1.54, 1.807) is 6.08 Å². The summed E-state index contributed by atoms with van der Waals surface area (Å²) in [5, 5.41) is 32.4. The van der Waals surface area contributed by atoms with Crippen LogP contribution in [0.5, 0.6) is 0 Å². The molecule has 0 bridgehead atoms. The predicted octanol–water partition coefficient (Wildman–Crippen LogP) is 2.51. The van der Waals surface area contributed by atoms with Crippen LogP contribution in [0, 0.1) is 34.5 Å². The molecule has 0 aromatic carbocycles. The van der Waals surface area contributed by atoms with E-state index in [9.17, 15) is 24.9 Å². The van der Waals surface area contributed by atoms with Gasteiger partial charge in [-0.15, -0.1) is 0 Å². The number of rotatable bonds is 4. The number of hydrogen-bond donors (Lipinski definition) is 3. The number of aliphatic hydroxyl groups is 3. The van der Waals surface area contributed by atoms with Gasteiger partial charge in [-0.05, 0) is 94.0 Å². The van der Waals surface area contributed by atoms with Crippen LogP contribution in [0.25, 0.3) is 0 Å². The molecule has 4 aliphatic carbocycles. The van der Waals surface area contributed by atoms with Gasteiger partial charge >= 0.3 is 11.9 Å². The first-order chi connectivity index (χ1) is 15.6. The fourth-order valence-corrected chi connectivity index (χ4v) is 8.79. The average molecular weight is 463 g/mol. The summed E-state index contributed by atoms with van der Waals surface area (Å²) in [4.78, 5) is 23.9. The Labute approximate surface area is 195 Å². The number of fused-ring (bicyclic) bond motifs is 5. The van der Waals surface area contributed by atoms with Crippen molar-refractivity contribution in [2.45, 2.75) is 89.4 Å². The lowest BCUT2D eigenvalue weighted by atomic mass is 9.43. The quantitative estimate of drug-likeness (QED) is 0.550. The van der Waals surface area contributed by atoms with Gasteiger partial charge < -0.3 is 24.8 Å². The van der Waals surface area contributed by atoms with Crippen LogP contribution in [0.15, 0.2) is 11.6 Å². The molecule has 7 heteroatoms. The first-order valence-electron chi connectivity index (χ1n) is 12.7. The second-order valence-corrected chi connectivity index (χ2v) is 11.7. The van der Waals surface area contributed by atoms with E-state index in [2.05, 4.69) is 6.92 Å².